The molecule has 0 aliphatic carbocycles. The molecule has 0 spiro atoms. The number of aromatic nitrogens is 6. The van der Waals surface area contributed by atoms with Crippen LogP contribution in [0.15, 0.2) is 51.7 Å². The van der Waals surface area contributed by atoms with Gasteiger partial charge in [0.25, 0.3) is 5.89 Å². The Bertz CT molecular complexity index is 1490. The SMILES string of the molecule is O=C(c1nnc(-c2ccc(F)cn2)o1)N1CCc2[nH]cnc2[C@H]1c1nc2cc(F)ccc2o1. The number of fused-ring (bicyclic) bond motifs is 2. The third-order valence-electron chi connectivity index (χ3n) is 5.34. The molecule has 5 aromatic rings. The number of H-pyrrole nitrogens is 1. The van der Waals surface area contributed by atoms with Crippen LogP contribution in [0.25, 0.3) is 22.7 Å². The number of carbonyl (C=O) groups is 1. The minimum atomic E-state index is -0.790. The van der Waals surface area contributed by atoms with E-state index in [9.17, 15) is 13.6 Å². The number of oxazole rings is 1. The minimum Gasteiger partial charge on any atom is -0.438 e. The van der Waals surface area contributed by atoms with E-state index >= 15 is 0 Å². The van der Waals surface area contributed by atoms with Gasteiger partial charge in [0, 0.05) is 24.7 Å². The van der Waals surface area contributed by atoms with Crippen LogP contribution in [0.5, 0.6) is 0 Å². The predicted octanol–water partition coefficient (Wildman–Crippen LogP) is 3.06. The second kappa shape index (κ2) is 7.29. The first-order valence-electron chi connectivity index (χ1n) is 9.91. The zero-order valence-corrected chi connectivity index (χ0v) is 16.7. The first-order valence-corrected chi connectivity index (χ1v) is 9.91. The van der Waals surface area contributed by atoms with Gasteiger partial charge in [0.05, 0.1) is 18.2 Å². The minimum absolute atomic E-state index is 0.0234. The van der Waals surface area contributed by atoms with E-state index in [0.717, 1.165) is 11.9 Å². The van der Waals surface area contributed by atoms with Crippen molar-refractivity contribution < 1.29 is 22.4 Å². The van der Waals surface area contributed by atoms with Crippen LogP contribution in [0.4, 0.5) is 8.78 Å². The van der Waals surface area contributed by atoms with E-state index in [1.165, 1.54) is 41.6 Å². The first-order chi connectivity index (χ1) is 16.1. The summed E-state index contributed by atoms with van der Waals surface area (Å²) in [5, 5.41) is 7.70. The standard InChI is InChI=1S/C21H13F2N7O3/c22-10-2-4-15-14(7-10)27-19(32-15)17-16-12(25-9-26-16)5-6-30(17)21(31)20-29-28-18(33-20)13-3-1-11(23)8-24-13/h1-4,7-9,17H,5-6H2,(H,25,26)/t17-/m0/s1. The molecule has 0 bridgehead atoms. The molecule has 1 N–H and O–H groups in total. The number of benzene rings is 1. The molecular formula is C21H13F2N7O3. The Balaban J connectivity index is 1.39. The van der Waals surface area contributed by atoms with E-state index in [-0.39, 0.29) is 29.9 Å². The van der Waals surface area contributed by atoms with Gasteiger partial charge in [0.15, 0.2) is 11.6 Å². The number of rotatable bonds is 3. The lowest BCUT2D eigenvalue weighted by Gasteiger charge is -2.31. The van der Waals surface area contributed by atoms with E-state index in [4.69, 9.17) is 8.83 Å². The number of nitrogens with one attached hydrogen (secondary N) is 1. The van der Waals surface area contributed by atoms with Gasteiger partial charge in [-0.3, -0.25) is 4.79 Å². The van der Waals surface area contributed by atoms with E-state index in [1.54, 1.807) is 0 Å². The van der Waals surface area contributed by atoms with Crippen molar-refractivity contribution in [2.75, 3.05) is 6.54 Å². The topological polar surface area (TPSA) is 127 Å². The lowest BCUT2D eigenvalue weighted by molar-refractivity contribution is 0.0627. The molecule has 1 amide bonds. The summed E-state index contributed by atoms with van der Waals surface area (Å²) >= 11 is 0. The molecule has 0 radical (unpaired) electrons. The number of nitrogens with zero attached hydrogens (tertiary/aromatic N) is 6. The first kappa shape index (κ1) is 19.2. The predicted molar refractivity (Wildman–Crippen MR) is 107 cm³/mol. The smallest absolute Gasteiger partial charge is 0.312 e. The lowest BCUT2D eigenvalue weighted by atomic mass is 10.0. The monoisotopic (exact) mass is 449 g/mol. The fourth-order valence-electron chi connectivity index (χ4n) is 3.82. The molecule has 1 atom stereocenters. The molecule has 0 fully saturated rings. The third-order valence-corrected chi connectivity index (χ3v) is 5.34. The van der Waals surface area contributed by atoms with E-state index in [1.807, 2.05) is 0 Å². The average molecular weight is 449 g/mol. The van der Waals surface area contributed by atoms with Crippen molar-refractivity contribution in [3.8, 4) is 11.6 Å². The molecule has 4 aromatic heterocycles. The number of hydrogen-bond donors (Lipinski definition) is 1. The maximum atomic E-state index is 13.7. The van der Waals surface area contributed by atoms with Gasteiger partial charge in [0.1, 0.15) is 22.8 Å². The number of halogens is 2. The Morgan fingerprint density at radius 1 is 1.09 bits per heavy atom. The van der Waals surface area contributed by atoms with Crippen LogP contribution in [0, 0.1) is 11.6 Å². The maximum absolute atomic E-state index is 13.7. The van der Waals surface area contributed by atoms with Crippen molar-refractivity contribution in [1.29, 1.82) is 0 Å². The van der Waals surface area contributed by atoms with Crippen LogP contribution in [-0.2, 0) is 6.42 Å². The van der Waals surface area contributed by atoms with E-state index in [2.05, 4.69) is 30.1 Å². The Hall–Kier alpha value is -4.48. The molecule has 33 heavy (non-hydrogen) atoms. The zero-order chi connectivity index (χ0) is 22.5. The Morgan fingerprint density at radius 3 is 2.82 bits per heavy atom. The second-order valence-corrected chi connectivity index (χ2v) is 7.36. The molecule has 164 valence electrons. The molecule has 1 aromatic carbocycles. The highest BCUT2D eigenvalue weighted by Gasteiger charge is 2.39. The van der Waals surface area contributed by atoms with Crippen molar-refractivity contribution in [1.82, 2.24) is 35.0 Å². The highest BCUT2D eigenvalue weighted by Crippen LogP contribution is 2.35. The average Bonchev–Trinajstić information content (AvgIpc) is 3.57. The summed E-state index contributed by atoms with van der Waals surface area (Å²) in [5.74, 6) is -1.65. The summed E-state index contributed by atoms with van der Waals surface area (Å²) in [4.78, 5) is 30.5. The van der Waals surface area contributed by atoms with Crippen LogP contribution in [0.1, 0.15) is 34.0 Å². The van der Waals surface area contributed by atoms with Gasteiger partial charge < -0.3 is 18.7 Å². The quantitative estimate of drug-likeness (QED) is 0.445. The summed E-state index contributed by atoms with van der Waals surface area (Å²) in [7, 11) is 0. The Labute approximate surface area is 183 Å². The van der Waals surface area contributed by atoms with Gasteiger partial charge in [-0.2, -0.15) is 0 Å². The van der Waals surface area contributed by atoms with E-state index < -0.39 is 23.6 Å². The van der Waals surface area contributed by atoms with Crippen molar-refractivity contribution in [3.63, 3.8) is 0 Å². The normalized spacial score (nSPS) is 15.7. The van der Waals surface area contributed by atoms with Crippen LogP contribution < -0.4 is 0 Å². The third kappa shape index (κ3) is 3.23. The van der Waals surface area contributed by atoms with Crippen molar-refractivity contribution in [3.05, 3.63) is 77.7 Å². The number of amides is 1. The molecule has 0 saturated heterocycles. The zero-order valence-electron chi connectivity index (χ0n) is 16.7. The number of pyridine rings is 1. The fraction of sp³-hybridized carbons (Fsp3) is 0.143. The van der Waals surface area contributed by atoms with Crippen LogP contribution >= 0.6 is 0 Å². The number of aromatic amines is 1. The van der Waals surface area contributed by atoms with Crippen molar-refractivity contribution >= 4 is 17.0 Å². The van der Waals surface area contributed by atoms with E-state index in [0.29, 0.717) is 23.2 Å². The lowest BCUT2D eigenvalue weighted by Crippen LogP contribution is -2.41. The summed E-state index contributed by atoms with van der Waals surface area (Å²) in [5.41, 5.74) is 2.32. The summed E-state index contributed by atoms with van der Waals surface area (Å²) in [6.07, 6.45) is 3.04. The molecule has 12 heteroatoms. The highest BCUT2D eigenvalue weighted by atomic mass is 19.1. The van der Waals surface area contributed by atoms with Gasteiger partial charge in [0.2, 0.25) is 5.89 Å². The largest absolute Gasteiger partial charge is 0.438 e. The van der Waals surface area contributed by atoms with Crippen LogP contribution in [-0.4, -0.2) is 47.5 Å². The molecule has 10 nitrogen and oxygen atoms in total. The molecule has 5 heterocycles. The molecule has 1 aliphatic heterocycles. The molecule has 0 unspecified atom stereocenters. The van der Waals surface area contributed by atoms with Crippen LogP contribution in [0.3, 0.4) is 0 Å². The van der Waals surface area contributed by atoms with Crippen LogP contribution in [0.2, 0.25) is 0 Å². The number of carbonyl (C=O) groups excluding carboxylic acids is 1. The maximum Gasteiger partial charge on any atom is 0.312 e. The van der Waals surface area contributed by atoms with Gasteiger partial charge in [-0.1, -0.05) is 0 Å². The van der Waals surface area contributed by atoms with Crippen molar-refractivity contribution in [2.45, 2.75) is 12.5 Å². The number of hydrogen-bond acceptors (Lipinski definition) is 8. The number of imidazole rings is 1. The van der Waals surface area contributed by atoms with Gasteiger partial charge in [-0.25, -0.2) is 23.7 Å². The Kier molecular flexibility index (Phi) is 4.25. The van der Waals surface area contributed by atoms with Gasteiger partial charge >= 0.3 is 11.8 Å². The summed E-state index contributed by atoms with van der Waals surface area (Å²) in [6, 6.07) is 5.77. The molecule has 1 aliphatic rings. The fourth-order valence-corrected chi connectivity index (χ4v) is 3.82. The summed E-state index contributed by atoms with van der Waals surface area (Å²) < 4.78 is 38.2. The van der Waals surface area contributed by atoms with Crippen molar-refractivity contribution in [2.24, 2.45) is 0 Å². The highest BCUT2D eigenvalue weighted by molar-refractivity contribution is 5.90. The van der Waals surface area contributed by atoms with Gasteiger partial charge in [-0.15, -0.1) is 10.2 Å². The molecule has 6 rings (SSSR count). The molecule has 0 saturated carbocycles. The second-order valence-electron chi connectivity index (χ2n) is 7.36. The van der Waals surface area contributed by atoms with Gasteiger partial charge in [-0.05, 0) is 24.3 Å². The Morgan fingerprint density at radius 2 is 1.97 bits per heavy atom. The molecular weight excluding hydrogens is 436 g/mol. The summed E-state index contributed by atoms with van der Waals surface area (Å²) in [6.45, 7) is 0.290.